The number of quaternary nitrogens is 1. The summed E-state index contributed by atoms with van der Waals surface area (Å²) in [6.45, 7) is 10.6. The van der Waals surface area contributed by atoms with Crippen LogP contribution in [0.15, 0.2) is 0 Å². The van der Waals surface area contributed by atoms with Crippen LogP contribution >= 0.6 is 0 Å². The van der Waals surface area contributed by atoms with Crippen LogP contribution in [-0.4, -0.2) is 42.9 Å². The molecule has 0 amide bonds. The van der Waals surface area contributed by atoms with Gasteiger partial charge in [0, 0.05) is 12.3 Å². The zero-order chi connectivity index (χ0) is 14.6. The Kier molecular flexibility index (Phi) is 5.53. The van der Waals surface area contributed by atoms with Crippen molar-refractivity contribution in [3.63, 3.8) is 0 Å². The lowest BCUT2D eigenvalue weighted by atomic mass is 9.82. The molecule has 0 N–H and O–H groups in total. The number of hydrogen-bond donors (Lipinski definition) is 0. The van der Waals surface area contributed by atoms with E-state index in [0.29, 0.717) is 0 Å². The van der Waals surface area contributed by atoms with E-state index in [1.165, 1.54) is 68.9 Å². The second-order valence-corrected chi connectivity index (χ2v) is 8.07. The first-order valence-electron chi connectivity index (χ1n) is 8.95. The number of piperidine rings is 2. The monoisotopic (exact) mass is 282 g/mol. The van der Waals surface area contributed by atoms with E-state index in [2.05, 4.69) is 27.8 Å². The van der Waals surface area contributed by atoms with Crippen LogP contribution in [0.4, 0.5) is 0 Å². The number of ether oxygens (including phenoxy) is 1. The highest BCUT2D eigenvalue weighted by Crippen LogP contribution is 2.36. The minimum absolute atomic E-state index is 0.0749. The van der Waals surface area contributed by atoms with Crippen LogP contribution in [-0.2, 0) is 4.74 Å². The molecule has 0 radical (unpaired) electrons. The quantitative estimate of drug-likeness (QED) is 0.657. The average Bonchev–Trinajstić information content (AvgIpc) is 2.42. The number of fused-ring (bicyclic) bond motifs is 1. The highest BCUT2D eigenvalue weighted by atomic mass is 16.5. The minimum atomic E-state index is 0.0749. The van der Waals surface area contributed by atoms with Crippen molar-refractivity contribution in [3.05, 3.63) is 0 Å². The van der Waals surface area contributed by atoms with Crippen LogP contribution in [0.3, 0.4) is 0 Å². The van der Waals surface area contributed by atoms with Crippen LogP contribution in [0.1, 0.15) is 72.1 Å². The van der Waals surface area contributed by atoms with Crippen molar-refractivity contribution in [1.29, 1.82) is 0 Å². The van der Waals surface area contributed by atoms with Crippen molar-refractivity contribution < 1.29 is 9.22 Å². The third-order valence-electron chi connectivity index (χ3n) is 5.83. The second kappa shape index (κ2) is 6.79. The second-order valence-electron chi connectivity index (χ2n) is 8.07. The van der Waals surface area contributed by atoms with Gasteiger partial charge in [0.25, 0.3) is 0 Å². The van der Waals surface area contributed by atoms with Crippen LogP contribution in [0, 0.1) is 5.92 Å². The summed E-state index contributed by atoms with van der Waals surface area (Å²) in [5, 5.41) is 0. The van der Waals surface area contributed by atoms with E-state index in [1.54, 1.807) is 0 Å². The molecular formula is C18H36NO+. The average molecular weight is 282 g/mol. The van der Waals surface area contributed by atoms with Crippen molar-refractivity contribution in [2.75, 3.05) is 26.7 Å². The summed E-state index contributed by atoms with van der Waals surface area (Å²) in [5.74, 6) is 0.801. The molecule has 118 valence electrons. The predicted molar refractivity (Wildman–Crippen MR) is 85.8 cm³/mol. The standard InChI is InChI=1S/C18H36NO/c1-5-6-12-18(2,3)20-15-16-10-9-14-19(4)13-8-7-11-17(16)19/h16-17H,5-15H2,1-4H3/q+1/t16-,17-,19+/m0/s1. The molecule has 20 heavy (non-hydrogen) atoms. The van der Waals surface area contributed by atoms with E-state index < -0.39 is 0 Å². The normalized spacial score (nSPS) is 34.8. The predicted octanol–water partition coefficient (Wildman–Crippen LogP) is 4.38. The number of rotatable bonds is 6. The molecule has 2 saturated heterocycles. The van der Waals surface area contributed by atoms with Gasteiger partial charge in [-0.05, 0) is 46.0 Å². The Morgan fingerprint density at radius 3 is 2.60 bits per heavy atom. The smallest absolute Gasteiger partial charge is 0.0939 e. The van der Waals surface area contributed by atoms with Gasteiger partial charge in [0.15, 0.2) is 0 Å². The first-order chi connectivity index (χ1) is 9.47. The molecule has 2 fully saturated rings. The molecule has 3 atom stereocenters. The topological polar surface area (TPSA) is 9.23 Å². The molecule has 0 aromatic rings. The Bertz CT molecular complexity index is 298. The fraction of sp³-hybridized carbons (Fsp3) is 1.00. The first kappa shape index (κ1) is 16.3. The summed E-state index contributed by atoms with van der Waals surface area (Å²) in [6.07, 6.45) is 10.9. The molecular weight excluding hydrogens is 246 g/mol. The lowest BCUT2D eigenvalue weighted by molar-refractivity contribution is -0.947. The molecule has 0 unspecified atom stereocenters. The van der Waals surface area contributed by atoms with E-state index in [0.717, 1.165) is 18.6 Å². The number of nitrogens with zero attached hydrogens (tertiary/aromatic N) is 1. The molecule has 2 heteroatoms. The van der Waals surface area contributed by atoms with Gasteiger partial charge in [-0.1, -0.05) is 19.8 Å². The lowest BCUT2D eigenvalue weighted by Gasteiger charge is -2.51. The molecule has 0 aliphatic carbocycles. The van der Waals surface area contributed by atoms with Crippen molar-refractivity contribution in [1.82, 2.24) is 0 Å². The summed E-state index contributed by atoms with van der Waals surface area (Å²) >= 11 is 0. The van der Waals surface area contributed by atoms with Gasteiger partial charge in [0.05, 0.1) is 38.4 Å². The maximum atomic E-state index is 6.36. The third-order valence-corrected chi connectivity index (χ3v) is 5.83. The van der Waals surface area contributed by atoms with Gasteiger partial charge < -0.3 is 9.22 Å². The molecule has 2 rings (SSSR count). The van der Waals surface area contributed by atoms with Crippen molar-refractivity contribution >= 4 is 0 Å². The van der Waals surface area contributed by atoms with E-state index in [9.17, 15) is 0 Å². The van der Waals surface area contributed by atoms with Gasteiger partial charge in [-0.25, -0.2) is 0 Å². The Labute approximate surface area is 126 Å². The van der Waals surface area contributed by atoms with Crippen LogP contribution in [0.5, 0.6) is 0 Å². The van der Waals surface area contributed by atoms with Crippen LogP contribution in [0.2, 0.25) is 0 Å². The maximum Gasteiger partial charge on any atom is 0.0939 e. The Morgan fingerprint density at radius 2 is 1.85 bits per heavy atom. The summed E-state index contributed by atoms with van der Waals surface area (Å²) in [7, 11) is 2.50. The SMILES string of the molecule is CCCCC(C)(C)OC[C@@H]1CCC[N@@+]2(C)CCCC[C@@H]12. The van der Waals surface area contributed by atoms with Gasteiger partial charge in [-0.3, -0.25) is 0 Å². The van der Waals surface area contributed by atoms with Gasteiger partial charge in [0.1, 0.15) is 0 Å². The van der Waals surface area contributed by atoms with Gasteiger partial charge in [-0.2, -0.15) is 0 Å². The van der Waals surface area contributed by atoms with Crippen molar-refractivity contribution in [3.8, 4) is 0 Å². The molecule has 2 aliphatic heterocycles. The fourth-order valence-corrected chi connectivity index (χ4v) is 4.44. The van der Waals surface area contributed by atoms with Crippen molar-refractivity contribution in [2.24, 2.45) is 5.92 Å². The Morgan fingerprint density at radius 1 is 1.10 bits per heavy atom. The summed E-state index contributed by atoms with van der Waals surface area (Å²) in [4.78, 5) is 0. The van der Waals surface area contributed by atoms with E-state index in [-0.39, 0.29) is 5.60 Å². The highest BCUT2D eigenvalue weighted by molar-refractivity contribution is 4.80. The van der Waals surface area contributed by atoms with Crippen LogP contribution < -0.4 is 0 Å². The van der Waals surface area contributed by atoms with Gasteiger partial charge >= 0.3 is 0 Å². The Hall–Kier alpha value is -0.0800. The molecule has 0 aromatic heterocycles. The maximum absolute atomic E-state index is 6.36. The van der Waals surface area contributed by atoms with Crippen molar-refractivity contribution in [2.45, 2.75) is 83.8 Å². The van der Waals surface area contributed by atoms with Crippen LogP contribution in [0.25, 0.3) is 0 Å². The first-order valence-corrected chi connectivity index (χ1v) is 8.95. The van der Waals surface area contributed by atoms with Gasteiger partial charge in [0.2, 0.25) is 0 Å². The fourth-order valence-electron chi connectivity index (χ4n) is 4.44. The largest absolute Gasteiger partial charge is 0.375 e. The molecule has 0 bridgehead atoms. The Balaban J connectivity index is 1.88. The zero-order valence-corrected chi connectivity index (χ0v) is 14.3. The molecule has 2 heterocycles. The zero-order valence-electron chi connectivity index (χ0n) is 14.3. The lowest BCUT2D eigenvalue weighted by Crippen LogP contribution is -2.61. The summed E-state index contributed by atoms with van der Waals surface area (Å²) < 4.78 is 7.69. The van der Waals surface area contributed by atoms with Gasteiger partial charge in [-0.15, -0.1) is 0 Å². The van der Waals surface area contributed by atoms with E-state index in [4.69, 9.17) is 4.74 Å². The van der Waals surface area contributed by atoms with E-state index >= 15 is 0 Å². The molecule has 2 nitrogen and oxygen atoms in total. The van der Waals surface area contributed by atoms with E-state index in [1.807, 2.05) is 0 Å². The minimum Gasteiger partial charge on any atom is -0.375 e. The highest BCUT2D eigenvalue weighted by Gasteiger charge is 2.43. The molecule has 2 aliphatic rings. The molecule has 0 saturated carbocycles. The summed E-state index contributed by atoms with van der Waals surface area (Å²) in [6, 6.07) is 0.875. The number of hydrogen-bond acceptors (Lipinski definition) is 1. The summed E-state index contributed by atoms with van der Waals surface area (Å²) in [5.41, 5.74) is 0.0749. The third kappa shape index (κ3) is 3.98. The molecule has 0 spiro atoms. The molecule has 0 aromatic carbocycles. The number of unbranched alkanes of at least 4 members (excludes halogenated alkanes) is 1.